The van der Waals surface area contributed by atoms with Gasteiger partial charge in [-0.15, -0.1) is 0 Å². The molecule has 37 heavy (non-hydrogen) atoms. The summed E-state index contributed by atoms with van der Waals surface area (Å²) in [4.78, 5) is 34.4. The number of hydrogen-bond acceptors (Lipinski definition) is 5. The Labute approximate surface area is 214 Å². The lowest BCUT2D eigenvalue weighted by Gasteiger charge is -2.39. The van der Waals surface area contributed by atoms with E-state index in [0.717, 1.165) is 11.1 Å². The Bertz CT molecular complexity index is 1410. The normalized spacial score (nSPS) is 16.1. The molecule has 0 spiro atoms. The molecule has 1 atom stereocenters. The third-order valence-corrected chi connectivity index (χ3v) is 6.78. The second-order valence-corrected chi connectivity index (χ2v) is 9.75. The van der Waals surface area contributed by atoms with Gasteiger partial charge in [0.15, 0.2) is 5.65 Å². The molecule has 0 radical (unpaired) electrons. The summed E-state index contributed by atoms with van der Waals surface area (Å²) in [7, 11) is 0. The fourth-order valence-corrected chi connectivity index (χ4v) is 4.75. The molecule has 1 saturated heterocycles. The molecule has 10 heteroatoms. The molecule has 2 amide bonds. The number of amides is 2. The SMILES string of the molecule is CC(C)c1cc(-c2ccc(F)cc2)nn2cc(C(=O)N3CCN(C(=O)CCn4cccn4)[C@@H](C)C3)nc12. The van der Waals surface area contributed by atoms with Crippen molar-refractivity contribution in [3.05, 3.63) is 72.1 Å². The summed E-state index contributed by atoms with van der Waals surface area (Å²) in [6.45, 7) is 7.96. The number of nitrogens with zero attached hydrogens (tertiary/aromatic N) is 7. The second-order valence-electron chi connectivity index (χ2n) is 9.75. The first-order valence-corrected chi connectivity index (χ1v) is 12.5. The van der Waals surface area contributed by atoms with E-state index < -0.39 is 0 Å². The van der Waals surface area contributed by atoms with Gasteiger partial charge in [0.1, 0.15) is 11.5 Å². The fraction of sp³-hybridized carbons (Fsp3) is 0.370. The van der Waals surface area contributed by atoms with Gasteiger partial charge in [0.2, 0.25) is 5.91 Å². The molecule has 4 heterocycles. The molecule has 0 unspecified atom stereocenters. The van der Waals surface area contributed by atoms with Crippen LogP contribution in [-0.2, 0) is 11.3 Å². The zero-order valence-electron chi connectivity index (χ0n) is 21.2. The quantitative estimate of drug-likeness (QED) is 0.401. The number of rotatable bonds is 6. The van der Waals surface area contributed by atoms with Crippen molar-refractivity contribution in [1.82, 2.24) is 34.2 Å². The van der Waals surface area contributed by atoms with Crippen molar-refractivity contribution < 1.29 is 14.0 Å². The Morgan fingerprint density at radius 2 is 1.95 bits per heavy atom. The van der Waals surface area contributed by atoms with Crippen molar-refractivity contribution in [3.63, 3.8) is 0 Å². The lowest BCUT2D eigenvalue weighted by molar-refractivity contribution is -0.135. The number of hydrogen-bond donors (Lipinski definition) is 0. The smallest absolute Gasteiger partial charge is 0.274 e. The summed E-state index contributed by atoms with van der Waals surface area (Å²) in [5.41, 5.74) is 3.37. The van der Waals surface area contributed by atoms with Crippen LogP contribution in [0, 0.1) is 5.82 Å². The third-order valence-electron chi connectivity index (χ3n) is 6.78. The van der Waals surface area contributed by atoms with Crippen LogP contribution >= 0.6 is 0 Å². The Morgan fingerprint density at radius 1 is 1.16 bits per heavy atom. The Balaban J connectivity index is 1.33. The molecular formula is C27H30FN7O2. The number of carbonyl (C=O) groups is 2. The molecule has 1 aromatic carbocycles. The lowest BCUT2D eigenvalue weighted by Crippen LogP contribution is -2.55. The summed E-state index contributed by atoms with van der Waals surface area (Å²) in [5.74, 6) is -0.286. The zero-order chi connectivity index (χ0) is 26.1. The van der Waals surface area contributed by atoms with E-state index in [1.165, 1.54) is 12.1 Å². The first kappa shape index (κ1) is 24.6. The van der Waals surface area contributed by atoms with Crippen LogP contribution in [0.15, 0.2) is 55.0 Å². The lowest BCUT2D eigenvalue weighted by atomic mass is 10.0. The van der Waals surface area contributed by atoms with E-state index in [1.54, 1.807) is 38.6 Å². The van der Waals surface area contributed by atoms with E-state index in [9.17, 15) is 14.0 Å². The monoisotopic (exact) mass is 503 g/mol. The first-order chi connectivity index (χ1) is 17.8. The first-order valence-electron chi connectivity index (χ1n) is 12.5. The van der Waals surface area contributed by atoms with Crippen LogP contribution in [0.25, 0.3) is 16.9 Å². The molecule has 4 aromatic rings. The van der Waals surface area contributed by atoms with E-state index in [4.69, 9.17) is 0 Å². The van der Waals surface area contributed by atoms with Crippen LogP contribution in [0.4, 0.5) is 4.39 Å². The second kappa shape index (κ2) is 10.1. The predicted molar refractivity (Wildman–Crippen MR) is 136 cm³/mol. The topological polar surface area (TPSA) is 88.6 Å². The minimum absolute atomic E-state index is 0.0573. The summed E-state index contributed by atoms with van der Waals surface area (Å²) >= 11 is 0. The number of piperazine rings is 1. The van der Waals surface area contributed by atoms with Crippen LogP contribution in [0.1, 0.15) is 49.2 Å². The average molecular weight is 504 g/mol. The Kier molecular flexibility index (Phi) is 6.73. The predicted octanol–water partition coefficient (Wildman–Crippen LogP) is 3.62. The number of aromatic nitrogens is 5. The van der Waals surface area contributed by atoms with E-state index in [0.29, 0.717) is 49.6 Å². The van der Waals surface area contributed by atoms with Crippen molar-refractivity contribution >= 4 is 17.5 Å². The molecule has 1 aliphatic heterocycles. The summed E-state index contributed by atoms with van der Waals surface area (Å²) in [6.07, 6.45) is 5.56. The number of halogens is 1. The van der Waals surface area contributed by atoms with Gasteiger partial charge in [0, 0.05) is 62.2 Å². The third kappa shape index (κ3) is 5.09. The average Bonchev–Trinajstić information content (AvgIpc) is 3.56. The van der Waals surface area contributed by atoms with E-state index in [-0.39, 0.29) is 29.6 Å². The van der Waals surface area contributed by atoms with Gasteiger partial charge in [-0.05, 0) is 49.2 Å². The molecule has 0 aliphatic carbocycles. The number of aryl methyl sites for hydroxylation is 1. The Hall–Kier alpha value is -4.08. The van der Waals surface area contributed by atoms with Crippen LogP contribution in [-0.4, -0.2) is 71.7 Å². The van der Waals surface area contributed by atoms with Crippen molar-refractivity contribution in [2.24, 2.45) is 0 Å². The summed E-state index contributed by atoms with van der Waals surface area (Å²) < 4.78 is 16.8. The molecule has 0 bridgehead atoms. The maximum absolute atomic E-state index is 13.4. The minimum Gasteiger partial charge on any atom is -0.336 e. The molecule has 0 N–H and O–H groups in total. The van der Waals surface area contributed by atoms with Crippen LogP contribution < -0.4 is 0 Å². The van der Waals surface area contributed by atoms with Gasteiger partial charge in [-0.3, -0.25) is 14.3 Å². The van der Waals surface area contributed by atoms with Crippen LogP contribution in [0.3, 0.4) is 0 Å². The molecular weight excluding hydrogens is 473 g/mol. The van der Waals surface area contributed by atoms with Crippen LogP contribution in [0.5, 0.6) is 0 Å². The molecule has 0 saturated carbocycles. The largest absolute Gasteiger partial charge is 0.336 e. The number of carbonyl (C=O) groups excluding carboxylic acids is 2. The van der Waals surface area contributed by atoms with E-state index in [2.05, 4.69) is 29.0 Å². The molecule has 5 rings (SSSR count). The highest BCUT2D eigenvalue weighted by molar-refractivity contribution is 5.93. The van der Waals surface area contributed by atoms with Crippen molar-refractivity contribution in [3.8, 4) is 11.3 Å². The standard InChI is InChI=1S/C27H30FN7O2/c1-18(2)22-15-23(20-5-7-21(28)8-6-20)31-35-17-24(30-26(22)35)27(37)32-13-14-34(19(3)16-32)25(36)9-12-33-11-4-10-29-33/h4-8,10-11,15,17-19H,9,12-14,16H2,1-3H3/t19-/m0/s1. The molecule has 3 aromatic heterocycles. The highest BCUT2D eigenvalue weighted by Crippen LogP contribution is 2.26. The Morgan fingerprint density at radius 3 is 2.62 bits per heavy atom. The van der Waals surface area contributed by atoms with Gasteiger partial charge in [-0.2, -0.15) is 10.2 Å². The minimum atomic E-state index is -0.307. The highest BCUT2D eigenvalue weighted by atomic mass is 19.1. The number of imidazole rings is 1. The van der Waals surface area contributed by atoms with Crippen molar-refractivity contribution in [2.45, 2.75) is 45.7 Å². The van der Waals surface area contributed by atoms with Gasteiger partial charge in [0.25, 0.3) is 5.91 Å². The maximum Gasteiger partial charge on any atom is 0.274 e. The van der Waals surface area contributed by atoms with Gasteiger partial charge in [0.05, 0.1) is 11.9 Å². The number of fused-ring (bicyclic) bond motifs is 1. The maximum atomic E-state index is 13.4. The molecule has 192 valence electrons. The van der Waals surface area contributed by atoms with Crippen LogP contribution in [0.2, 0.25) is 0 Å². The van der Waals surface area contributed by atoms with E-state index in [1.807, 2.05) is 30.2 Å². The zero-order valence-corrected chi connectivity index (χ0v) is 21.2. The summed E-state index contributed by atoms with van der Waals surface area (Å²) in [6, 6.07) is 9.87. The van der Waals surface area contributed by atoms with Gasteiger partial charge >= 0.3 is 0 Å². The van der Waals surface area contributed by atoms with Gasteiger partial charge in [-0.25, -0.2) is 13.9 Å². The van der Waals surface area contributed by atoms with Crippen molar-refractivity contribution in [2.75, 3.05) is 19.6 Å². The molecule has 1 fully saturated rings. The van der Waals surface area contributed by atoms with E-state index >= 15 is 0 Å². The number of benzene rings is 1. The van der Waals surface area contributed by atoms with Gasteiger partial charge in [-0.1, -0.05) is 13.8 Å². The molecule has 9 nitrogen and oxygen atoms in total. The highest BCUT2D eigenvalue weighted by Gasteiger charge is 2.31. The summed E-state index contributed by atoms with van der Waals surface area (Å²) in [5, 5.41) is 8.81. The molecule has 1 aliphatic rings. The fourth-order valence-electron chi connectivity index (χ4n) is 4.75. The van der Waals surface area contributed by atoms with Crippen molar-refractivity contribution in [1.29, 1.82) is 0 Å². The van der Waals surface area contributed by atoms with Gasteiger partial charge < -0.3 is 9.80 Å².